The van der Waals surface area contributed by atoms with Crippen molar-refractivity contribution in [1.29, 1.82) is 0 Å². The molecule has 6 nitrogen and oxygen atoms in total. The highest BCUT2D eigenvalue weighted by Crippen LogP contribution is 2.42. The zero-order valence-electron chi connectivity index (χ0n) is 14.0. The lowest BCUT2D eigenvalue weighted by Crippen LogP contribution is -2.24. The van der Waals surface area contributed by atoms with Gasteiger partial charge in [-0.05, 0) is 19.1 Å². The maximum atomic E-state index is 12.2. The number of rotatable bonds is 4. The Morgan fingerprint density at radius 1 is 1.36 bits per heavy atom. The molecule has 3 heterocycles. The number of methoxy groups -OCH3 is 1. The van der Waals surface area contributed by atoms with E-state index < -0.39 is 0 Å². The van der Waals surface area contributed by atoms with Crippen LogP contribution in [0.3, 0.4) is 0 Å². The molecule has 0 fully saturated rings. The molecule has 128 valence electrons. The van der Waals surface area contributed by atoms with Crippen molar-refractivity contribution in [3.8, 4) is 16.3 Å². The fourth-order valence-corrected chi connectivity index (χ4v) is 4.22. The fourth-order valence-electron chi connectivity index (χ4n) is 3.16. The van der Waals surface area contributed by atoms with Gasteiger partial charge in [0.1, 0.15) is 16.6 Å². The number of para-hydroxylation sites is 1. The second kappa shape index (κ2) is 6.33. The molecule has 0 saturated heterocycles. The number of aromatic nitrogens is 3. The van der Waals surface area contributed by atoms with E-state index in [1.54, 1.807) is 18.4 Å². The van der Waals surface area contributed by atoms with E-state index in [0.717, 1.165) is 39.1 Å². The molecule has 25 heavy (non-hydrogen) atoms. The number of fused-ring (bicyclic) bond motifs is 1. The Bertz CT molecular complexity index is 931. The normalized spacial score (nSPS) is 16.4. The molecule has 0 spiro atoms. The standard InChI is InChI=1S/C18H18N4O2S/c1-3-22-17-13(9-20-22)12(8-16(23)21-17)15-10-19-18(25-15)11-6-4-5-7-14(11)24-2/h4-7,9-10,12H,3,8H2,1-2H3,(H,21,23)/t12-/m1/s1. The van der Waals surface area contributed by atoms with Gasteiger partial charge in [-0.1, -0.05) is 12.1 Å². The average Bonchev–Trinajstić information content (AvgIpc) is 3.28. The van der Waals surface area contributed by atoms with Gasteiger partial charge in [-0.2, -0.15) is 5.10 Å². The van der Waals surface area contributed by atoms with Crippen LogP contribution in [0.5, 0.6) is 5.75 Å². The molecule has 1 aliphatic heterocycles. The highest BCUT2D eigenvalue weighted by atomic mass is 32.1. The number of benzene rings is 1. The first kappa shape index (κ1) is 15.8. The summed E-state index contributed by atoms with van der Waals surface area (Å²) in [5.74, 6) is 1.60. The minimum absolute atomic E-state index is 0.00925. The van der Waals surface area contributed by atoms with E-state index >= 15 is 0 Å². The van der Waals surface area contributed by atoms with E-state index in [1.165, 1.54) is 0 Å². The molecule has 0 saturated carbocycles. The summed E-state index contributed by atoms with van der Waals surface area (Å²) in [7, 11) is 1.66. The number of hydrogen-bond donors (Lipinski definition) is 1. The van der Waals surface area contributed by atoms with E-state index in [1.807, 2.05) is 48.3 Å². The molecule has 4 rings (SSSR count). The molecular weight excluding hydrogens is 336 g/mol. The van der Waals surface area contributed by atoms with Gasteiger partial charge in [-0.3, -0.25) is 4.79 Å². The molecule has 1 aromatic carbocycles. The van der Waals surface area contributed by atoms with Crippen LogP contribution in [0.2, 0.25) is 0 Å². The number of aryl methyl sites for hydroxylation is 1. The van der Waals surface area contributed by atoms with Gasteiger partial charge in [-0.25, -0.2) is 9.67 Å². The van der Waals surface area contributed by atoms with Crippen LogP contribution in [0.1, 0.15) is 29.7 Å². The summed E-state index contributed by atoms with van der Waals surface area (Å²) in [5, 5.41) is 8.22. The predicted molar refractivity (Wildman–Crippen MR) is 97.1 cm³/mol. The topological polar surface area (TPSA) is 69.0 Å². The molecular formula is C18H18N4O2S. The quantitative estimate of drug-likeness (QED) is 0.778. The van der Waals surface area contributed by atoms with Crippen molar-refractivity contribution in [3.05, 3.63) is 47.1 Å². The first-order valence-corrected chi connectivity index (χ1v) is 8.97. The van der Waals surface area contributed by atoms with Crippen LogP contribution in [0.15, 0.2) is 36.7 Å². The second-order valence-electron chi connectivity index (χ2n) is 5.84. The highest BCUT2D eigenvalue weighted by molar-refractivity contribution is 7.15. The van der Waals surface area contributed by atoms with Crippen LogP contribution in [-0.2, 0) is 11.3 Å². The summed E-state index contributed by atoms with van der Waals surface area (Å²) in [6.45, 7) is 2.73. The zero-order chi connectivity index (χ0) is 17.4. The van der Waals surface area contributed by atoms with Gasteiger partial charge in [0.05, 0.1) is 18.9 Å². The summed E-state index contributed by atoms with van der Waals surface area (Å²) in [6.07, 6.45) is 4.13. The van der Waals surface area contributed by atoms with Crippen molar-refractivity contribution in [2.75, 3.05) is 12.4 Å². The number of carbonyl (C=O) groups excluding carboxylic acids is 1. The van der Waals surface area contributed by atoms with E-state index in [4.69, 9.17) is 4.74 Å². The van der Waals surface area contributed by atoms with Crippen LogP contribution in [0.4, 0.5) is 5.82 Å². The third-order valence-electron chi connectivity index (χ3n) is 4.39. The Labute approximate surface area is 149 Å². The maximum Gasteiger partial charge on any atom is 0.226 e. The van der Waals surface area contributed by atoms with Crippen molar-refractivity contribution in [2.24, 2.45) is 0 Å². The van der Waals surface area contributed by atoms with E-state index in [0.29, 0.717) is 6.42 Å². The van der Waals surface area contributed by atoms with Crippen molar-refractivity contribution in [2.45, 2.75) is 25.8 Å². The van der Waals surface area contributed by atoms with E-state index in [-0.39, 0.29) is 11.8 Å². The average molecular weight is 354 g/mol. The molecule has 0 bridgehead atoms. The third-order valence-corrected chi connectivity index (χ3v) is 5.54. The van der Waals surface area contributed by atoms with E-state index in [2.05, 4.69) is 15.4 Å². The van der Waals surface area contributed by atoms with Gasteiger partial charge >= 0.3 is 0 Å². The SMILES string of the molecule is CCn1ncc2c1NC(=O)C[C@H]2c1cnc(-c2ccccc2OC)s1. The smallest absolute Gasteiger partial charge is 0.226 e. The van der Waals surface area contributed by atoms with Crippen molar-refractivity contribution in [1.82, 2.24) is 14.8 Å². The molecule has 1 atom stereocenters. The molecule has 2 aromatic heterocycles. The molecule has 1 amide bonds. The van der Waals surface area contributed by atoms with Gasteiger partial charge in [0, 0.05) is 35.5 Å². The van der Waals surface area contributed by atoms with Crippen LogP contribution in [-0.4, -0.2) is 27.8 Å². The largest absolute Gasteiger partial charge is 0.496 e. The first-order valence-electron chi connectivity index (χ1n) is 8.16. The number of carbonyl (C=O) groups is 1. The van der Waals surface area contributed by atoms with Crippen LogP contribution in [0, 0.1) is 0 Å². The van der Waals surface area contributed by atoms with Crippen LogP contribution < -0.4 is 10.1 Å². The molecule has 3 aromatic rings. The molecule has 0 radical (unpaired) electrons. The lowest BCUT2D eigenvalue weighted by atomic mass is 9.93. The van der Waals surface area contributed by atoms with Gasteiger partial charge in [0.2, 0.25) is 5.91 Å². The lowest BCUT2D eigenvalue weighted by molar-refractivity contribution is -0.116. The third kappa shape index (κ3) is 2.70. The first-order chi connectivity index (χ1) is 12.2. The Kier molecular flexibility index (Phi) is 4.01. The number of anilines is 1. The van der Waals surface area contributed by atoms with Crippen molar-refractivity contribution >= 4 is 23.1 Å². The Morgan fingerprint density at radius 2 is 2.20 bits per heavy atom. The molecule has 0 aliphatic carbocycles. The van der Waals surface area contributed by atoms with E-state index in [9.17, 15) is 4.79 Å². The number of nitrogens with one attached hydrogen (secondary N) is 1. The Morgan fingerprint density at radius 3 is 3.00 bits per heavy atom. The second-order valence-corrected chi connectivity index (χ2v) is 6.90. The van der Waals surface area contributed by atoms with Gasteiger partial charge in [0.25, 0.3) is 0 Å². The van der Waals surface area contributed by atoms with Gasteiger partial charge in [0.15, 0.2) is 0 Å². The Balaban J connectivity index is 1.74. The monoisotopic (exact) mass is 354 g/mol. The molecule has 1 N–H and O–H groups in total. The van der Waals surface area contributed by atoms with Gasteiger partial charge < -0.3 is 10.1 Å². The van der Waals surface area contributed by atoms with Crippen molar-refractivity contribution < 1.29 is 9.53 Å². The number of amides is 1. The summed E-state index contributed by atoms with van der Waals surface area (Å²) in [4.78, 5) is 17.8. The van der Waals surface area contributed by atoms with Crippen molar-refractivity contribution in [3.63, 3.8) is 0 Å². The number of nitrogens with zero attached hydrogens (tertiary/aromatic N) is 3. The summed E-state index contributed by atoms with van der Waals surface area (Å²) in [6, 6.07) is 7.83. The number of hydrogen-bond acceptors (Lipinski definition) is 5. The number of thiazole rings is 1. The summed E-state index contributed by atoms with van der Waals surface area (Å²) < 4.78 is 7.26. The maximum absolute atomic E-state index is 12.2. The summed E-state index contributed by atoms with van der Waals surface area (Å²) in [5.41, 5.74) is 2.02. The van der Waals surface area contributed by atoms with Gasteiger partial charge in [-0.15, -0.1) is 11.3 Å². The Hall–Kier alpha value is -2.67. The summed E-state index contributed by atoms with van der Waals surface area (Å²) >= 11 is 1.60. The highest BCUT2D eigenvalue weighted by Gasteiger charge is 2.31. The van der Waals surface area contributed by atoms with Crippen LogP contribution >= 0.6 is 11.3 Å². The lowest BCUT2D eigenvalue weighted by Gasteiger charge is -2.22. The minimum Gasteiger partial charge on any atom is -0.496 e. The van der Waals surface area contributed by atoms with Crippen LogP contribution in [0.25, 0.3) is 10.6 Å². The predicted octanol–water partition coefficient (Wildman–Crippen LogP) is 3.51. The fraction of sp³-hybridized carbons (Fsp3) is 0.278. The minimum atomic E-state index is -0.00925. The molecule has 7 heteroatoms. The number of ether oxygens (including phenoxy) is 1. The molecule has 0 unspecified atom stereocenters. The zero-order valence-corrected chi connectivity index (χ0v) is 14.8. The molecule has 1 aliphatic rings.